The van der Waals surface area contributed by atoms with E-state index >= 15 is 0 Å². The Kier molecular flexibility index (Phi) is 6.16. The molecule has 2 aromatic heterocycles. The van der Waals surface area contributed by atoms with Crippen LogP contribution >= 0.6 is 0 Å². The molecule has 0 aliphatic rings. The van der Waals surface area contributed by atoms with E-state index in [2.05, 4.69) is 25.2 Å². The largest absolute Gasteiger partial charge is 0.522 e. The molecule has 0 radical (unpaired) electrons. The van der Waals surface area contributed by atoms with Gasteiger partial charge >= 0.3 is 6.36 Å². The second kappa shape index (κ2) is 8.62. The fourth-order valence-corrected chi connectivity index (χ4v) is 2.66. The third-order valence-electron chi connectivity index (χ3n) is 3.96. The fourth-order valence-electron chi connectivity index (χ4n) is 2.66. The van der Waals surface area contributed by atoms with E-state index < -0.39 is 24.4 Å². The number of benzene rings is 1. The van der Waals surface area contributed by atoms with E-state index in [-0.39, 0.29) is 17.8 Å². The van der Waals surface area contributed by atoms with Crippen molar-refractivity contribution in [2.75, 3.05) is 0 Å². The van der Waals surface area contributed by atoms with Crippen LogP contribution in [0.5, 0.6) is 0 Å². The smallest absolute Gasteiger partial charge is 0.421 e. The molecule has 0 bridgehead atoms. The van der Waals surface area contributed by atoms with Gasteiger partial charge in [-0.05, 0) is 38.1 Å². The average molecular weight is 420 g/mol. The molecule has 0 unspecified atom stereocenters. The molecule has 158 valence electrons. The van der Waals surface area contributed by atoms with Crippen LogP contribution in [0.25, 0.3) is 11.5 Å². The van der Waals surface area contributed by atoms with Gasteiger partial charge in [0.2, 0.25) is 11.8 Å². The number of nitrogens with one attached hydrogen (secondary N) is 1. The fraction of sp³-hybridized carbons (Fsp3) is 0.300. The SMILES string of the molecule is CC(C)(Cc1nnc(-c2ccccc2)o1)NC(=O)c1cccc(COC(F)(F)F)n1. The van der Waals surface area contributed by atoms with E-state index in [1.807, 2.05) is 30.3 Å². The summed E-state index contributed by atoms with van der Waals surface area (Å²) in [5.74, 6) is 0.155. The number of alkyl halides is 3. The van der Waals surface area contributed by atoms with Crippen molar-refractivity contribution < 1.29 is 27.1 Å². The first-order chi connectivity index (χ1) is 14.1. The van der Waals surface area contributed by atoms with Gasteiger partial charge in [0.25, 0.3) is 5.91 Å². The molecule has 10 heteroatoms. The second-order valence-corrected chi connectivity index (χ2v) is 7.13. The van der Waals surface area contributed by atoms with Crippen LogP contribution in [0.1, 0.15) is 35.9 Å². The average Bonchev–Trinajstić information content (AvgIpc) is 3.14. The molecule has 3 aromatic rings. The lowest BCUT2D eigenvalue weighted by molar-refractivity contribution is -0.330. The summed E-state index contributed by atoms with van der Waals surface area (Å²) < 4.78 is 46.0. The minimum absolute atomic E-state index is 0.0119. The van der Waals surface area contributed by atoms with Gasteiger partial charge in [-0.15, -0.1) is 23.4 Å². The third-order valence-corrected chi connectivity index (χ3v) is 3.96. The van der Waals surface area contributed by atoms with Gasteiger partial charge in [-0.1, -0.05) is 24.3 Å². The van der Waals surface area contributed by atoms with Crippen molar-refractivity contribution >= 4 is 5.91 Å². The van der Waals surface area contributed by atoms with Crippen molar-refractivity contribution in [3.8, 4) is 11.5 Å². The number of halogens is 3. The van der Waals surface area contributed by atoms with Crippen LogP contribution in [0.15, 0.2) is 52.9 Å². The summed E-state index contributed by atoms with van der Waals surface area (Å²) in [5.41, 5.74) is -0.0400. The summed E-state index contributed by atoms with van der Waals surface area (Å²) in [4.78, 5) is 16.4. The number of carbonyl (C=O) groups is 1. The standard InChI is InChI=1S/C20H19F3N4O3/c1-19(2,11-16-26-27-18(30-16)13-7-4-3-5-8-13)25-17(28)15-10-6-9-14(24-15)12-29-20(21,22)23/h3-10H,11-12H2,1-2H3,(H,25,28). The number of ether oxygens (including phenoxy) is 1. The maximum atomic E-state index is 12.5. The maximum absolute atomic E-state index is 12.5. The van der Waals surface area contributed by atoms with Crippen LogP contribution in [0.3, 0.4) is 0 Å². The second-order valence-electron chi connectivity index (χ2n) is 7.13. The number of rotatable bonds is 7. The van der Waals surface area contributed by atoms with Gasteiger partial charge in [0.15, 0.2) is 0 Å². The third kappa shape index (κ3) is 6.11. The Balaban J connectivity index is 1.64. The van der Waals surface area contributed by atoms with Crippen molar-refractivity contribution in [1.29, 1.82) is 0 Å². The Labute approximate surface area is 170 Å². The highest BCUT2D eigenvalue weighted by Gasteiger charge is 2.29. The van der Waals surface area contributed by atoms with Gasteiger partial charge < -0.3 is 9.73 Å². The Hall–Kier alpha value is -3.27. The molecule has 2 heterocycles. The molecular weight excluding hydrogens is 401 g/mol. The summed E-state index contributed by atoms with van der Waals surface area (Å²) in [6, 6.07) is 13.4. The van der Waals surface area contributed by atoms with Crippen LogP contribution in [-0.4, -0.2) is 33.0 Å². The van der Waals surface area contributed by atoms with Gasteiger partial charge in [0, 0.05) is 17.5 Å². The van der Waals surface area contributed by atoms with Crippen molar-refractivity contribution in [3.05, 3.63) is 65.8 Å². The minimum atomic E-state index is -4.77. The highest BCUT2D eigenvalue weighted by molar-refractivity contribution is 5.92. The van der Waals surface area contributed by atoms with Crippen LogP contribution in [0.4, 0.5) is 13.2 Å². The van der Waals surface area contributed by atoms with Crippen molar-refractivity contribution in [2.24, 2.45) is 0 Å². The van der Waals surface area contributed by atoms with Gasteiger partial charge in [-0.2, -0.15) is 0 Å². The number of hydrogen-bond donors (Lipinski definition) is 1. The summed E-state index contributed by atoms with van der Waals surface area (Å²) in [7, 11) is 0. The highest BCUT2D eigenvalue weighted by Crippen LogP contribution is 2.20. The zero-order valence-corrected chi connectivity index (χ0v) is 16.2. The molecule has 1 N–H and O–H groups in total. The molecule has 30 heavy (non-hydrogen) atoms. The first-order valence-electron chi connectivity index (χ1n) is 8.98. The maximum Gasteiger partial charge on any atom is 0.522 e. The number of carbonyl (C=O) groups excluding carboxylic acids is 1. The first kappa shape index (κ1) is 21.4. The lowest BCUT2D eigenvalue weighted by Crippen LogP contribution is -2.45. The molecule has 0 fully saturated rings. The Bertz CT molecular complexity index is 1000. The number of pyridine rings is 1. The van der Waals surface area contributed by atoms with Crippen LogP contribution in [-0.2, 0) is 17.8 Å². The molecule has 1 aromatic carbocycles. The molecule has 3 rings (SSSR count). The molecule has 0 saturated carbocycles. The molecule has 7 nitrogen and oxygen atoms in total. The number of amides is 1. The van der Waals surface area contributed by atoms with Crippen LogP contribution in [0, 0.1) is 0 Å². The number of nitrogens with zero attached hydrogens (tertiary/aromatic N) is 3. The monoisotopic (exact) mass is 420 g/mol. The summed E-state index contributed by atoms with van der Waals surface area (Å²) >= 11 is 0. The molecule has 0 saturated heterocycles. The molecule has 0 spiro atoms. The zero-order valence-electron chi connectivity index (χ0n) is 16.2. The Morgan fingerprint density at radius 2 is 1.80 bits per heavy atom. The summed E-state index contributed by atoms with van der Waals surface area (Å²) in [5, 5.41) is 10.8. The van der Waals surface area contributed by atoms with E-state index in [4.69, 9.17) is 4.42 Å². The van der Waals surface area contributed by atoms with Crippen molar-refractivity contribution in [1.82, 2.24) is 20.5 Å². The topological polar surface area (TPSA) is 90.1 Å². The lowest BCUT2D eigenvalue weighted by atomic mass is 10.0. The van der Waals surface area contributed by atoms with Gasteiger partial charge in [0.1, 0.15) is 5.69 Å². The minimum Gasteiger partial charge on any atom is -0.421 e. The van der Waals surface area contributed by atoms with E-state index in [0.717, 1.165) is 5.56 Å². The molecule has 0 aliphatic carbocycles. The predicted molar refractivity (Wildman–Crippen MR) is 100 cm³/mol. The van der Waals surface area contributed by atoms with E-state index in [1.165, 1.54) is 18.2 Å². The highest BCUT2D eigenvalue weighted by atomic mass is 19.4. The van der Waals surface area contributed by atoms with Gasteiger partial charge in [-0.25, -0.2) is 4.98 Å². The molecule has 0 atom stereocenters. The lowest BCUT2D eigenvalue weighted by Gasteiger charge is -2.24. The molecule has 0 aliphatic heterocycles. The first-order valence-corrected chi connectivity index (χ1v) is 8.98. The van der Waals surface area contributed by atoms with E-state index in [9.17, 15) is 18.0 Å². The van der Waals surface area contributed by atoms with Crippen LogP contribution < -0.4 is 5.32 Å². The van der Waals surface area contributed by atoms with Gasteiger partial charge in [0.05, 0.1) is 12.3 Å². The molecule has 1 amide bonds. The summed E-state index contributed by atoms with van der Waals surface area (Å²) in [6.45, 7) is 2.74. The normalized spacial score (nSPS) is 12.0. The van der Waals surface area contributed by atoms with Crippen LogP contribution in [0.2, 0.25) is 0 Å². The van der Waals surface area contributed by atoms with Crippen molar-refractivity contribution in [2.45, 2.75) is 38.8 Å². The number of hydrogen-bond acceptors (Lipinski definition) is 6. The van der Waals surface area contributed by atoms with E-state index in [1.54, 1.807) is 13.8 Å². The zero-order chi connectivity index (χ0) is 21.8. The molecular formula is C20H19F3N4O3. The summed E-state index contributed by atoms with van der Waals surface area (Å²) in [6.07, 6.45) is -4.53. The quantitative estimate of drug-likeness (QED) is 0.623. The Morgan fingerprint density at radius 1 is 1.07 bits per heavy atom. The number of aromatic nitrogens is 3. The van der Waals surface area contributed by atoms with E-state index in [0.29, 0.717) is 11.8 Å². The Morgan fingerprint density at radius 3 is 2.50 bits per heavy atom. The van der Waals surface area contributed by atoms with Gasteiger partial charge in [-0.3, -0.25) is 9.53 Å². The van der Waals surface area contributed by atoms with Crippen molar-refractivity contribution in [3.63, 3.8) is 0 Å². The predicted octanol–water partition coefficient (Wildman–Crippen LogP) is 3.92.